The molecule has 0 spiro atoms. The summed E-state index contributed by atoms with van der Waals surface area (Å²) < 4.78 is 31.9. The van der Waals surface area contributed by atoms with Gasteiger partial charge in [-0.15, -0.1) is 0 Å². The number of hydrogen-bond acceptors (Lipinski definition) is 3. The minimum Gasteiger partial charge on any atom is -0.494 e. The molecule has 1 heterocycles. The Morgan fingerprint density at radius 2 is 2.21 bits per heavy atom. The van der Waals surface area contributed by atoms with E-state index in [4.69, 9.17) is 0 Å². The highest BCUT2D eigenvalue weighted by atomic mass is 19.1. The monoisotopic (exact) mass is 269 g/mol. The van der Waals surface area contributed by atoms with Gasteiger partial charge >= 0.3 is 0 Å². The molecule has 1 fully saturated rings. The summed E-state index contributed by atoms with van der Waals surface area (Å²) >= 11 is 0. The number of carbonyl (C=O) groups excluding carboxylic acids is 1. The van der Waals surface area contributed by atoms with E-state index in [1.807, 2.05) is 0 Å². The molecule has 0 radical (unpaired) electrons. The van der Waals surface area contributed by atoms with Gasteiger partial charge in [-0.1, -0.05) is 0 Å². The van der Waals surface area contributed by atoms with Crippen molar-refractivity contribution in [2.45, 2.75) is 19.3 Å². The van der Waals surface area contributed by atoms with Crippen LogP contribution in [-0.2, 0) is 0 Å². The number of Topliss-reactive ketones (excluding diaryl/α,β-unsaturated/α-hetero) is 1. The summed E-state index contributed by atoms with van der Waals surface area (Å²) in [6, 6.07) is 1.84. The van der Waals surface area contributed by atoms with Gasteiger partial charge in [-0.2, -0.15) is 0 Å². The first kappa shape index (κ1) is 13.9. The minimum absolute atomic E-state index is 0.187. The van der Waals surface area contributed by atoms with Crippen molar-refractivity contribution in [3.63, 3.8) is 0 Å². The molecule has 0 aromatic heterocycles. The maximum atomic E-state index is 13.7. The van der Waals surface area contributed by atoms with Crippen LogP contribution < -0.4 is 10.1 Å². The zero-order chi connectivity index (χ0) is 13.8. The number of benzene rings is 1. The number of nitrogens with one attached hydrogen (secondary N) is 1. The van der Waals surface area contributed by atoms with Gasteiger partial charge in [0.15, 0.2) is 17.3 Å². The number of ketones is 1. The Balaban J connectivity index is 2.12. The predicted molar refractivity (Wildman–Crippen MR) is 67.5 cm³/mol. The quantitative estimate of drug-likeness (QED) is 0.854. The van der Waals surface area contributed by atoms with Crippen LogP contribution in [0.15, 0.2) is 12.1 Å². The largest absolute Gasteiger partial charge is 0.494 e. The molecule has 2 rings (SSSR count). The average Bonchev–Trinajstić information content (AvgIpc) is 2.42. The van der Waals surface area contributed by atoms with E-state index >= 15 is 0 Å². The lowest BCUT2D eigenvalue weighted by atomic mass is 9.92. The highest BCUT2D eigenvalue weighted by Crippen LogP contribution is 2.24. The molecule has 1 N–H and O–H groups in total. The van der Waals surface area contributed by atoms with Crippen LogP contribution in [0.1, 0.15) is 29.6 Å². The van der Waals surface area contributed by atoms with Crippen LogP contribution in [0.4, 0.5) is 8.78 Å². The lowest BCUT2D eigenvalue weighted by molar-refractivity contribution is 0.0949. The molecule has 0 bridgehead atoms. The normalized spacial score (nSPS) is 19.2. The molecule has 1 atom stereocenters. The fraction of sp³-hybridized carbons (Fsp3) is 0.500. The van der Waals surface area contributed by atoms with Gasteiger partial charge in [-0.05, 0) is 37.9 Å². The molecule has 0 amide bonds. The molecule has 1 aliphatic rings. The van der Waals surface area contributed by atoms with Crippen molar-refractivity contribution in [2.24, 2.45) is 5.92 Å². The Morgan fingerprint density at radius 1 is 1.42 bits per heavy atom. The zero-order valence-electron chi connectivity index (χ0n) is 10.8. The van der Waals surface area contributed by atoms with Gasteiger partial charge in [0.1, 0.15) is 5.82 Å². The third-order valence-electron chi connectivity index (χ3n) is 3.41. The molecular formula is C14H17F2NO2. The van der Waals surface area contributed by atoms with Gasteiger partial charge in [-0.3, -0.25) is 4.79 Å². The van der Waals surface area contributed by atoms with Gasteiger partial charge in [0.25, 0.3) is 0 Å². The van der Waals surface area contributed by atoms with Crippen molar-refractivity contribution in [3.8, 4) is 5.75 Å². The Kier molecular flexibility index (Phi) is 4.47. The second-order valence-corrected chi connectivity index (χ2v) is 4.81. The summed E-state index contributed by atoms with van der Waals surface area (Å²) in [5, 5.41) is 3.20. The van der Waals surface area contributed by atoms with E-state index in [0.29, 0.717) is 0 Å². The van der Waals surface area contributed by atoms with E-state index in [1.165, 1.54) is 7.11 Å². The molecule has 1 unspecified atom stereocenters. The average molecular weight is 269 g/mol. The van der Waals surface area contributed by atoms with Crippen molar-refractivity contribution in [2.75, 3.05) is 20.2 Å². The predicted octanol–water partition coefficient (Wildman–Crippen LogP) is 2.55. The van der Waals surface area contributed by atoms with Gasteiger partial charge in [0.2, 0.25) is 0 Å². The number of ether oxygens (including phenoxy) is 1. The molecule has 3 nitrogen and oxygen atoms in total. The van der Waals surface area contributed by atoms with E-state index in [9.17, 15) is 13.6 Å². The lowest BCUT2D eigenvalue weighted by Gasteiger charge is -2.22. The number of hydrogen-bond donors (Lipinski definition) is 1. The molecular weight excluding hydrogens is 252 g/mol. The smallest absolute Gasteiger partial charge is 0.166 e. The lowest BCUT2D eigenvalue weighted by Crippen LogP contribution is -2.31. The van der Waals surface area contributed by atoms with E-state index in [2.05, 4.69) is 10.1 Å². The molecule has 1 aromatic carbocycles. The Labute approximate surface area is 111 Å². The summed E-state index contributed by atoms with van der Waals surface area (Å²) in [6.07, 6.45) is 2.20. The maximum absolute atomic E-state index is 13.7. The maximum Gasteiger partial charge on any atom is 0.166 e. The van der Waals surface area contributed by atoms with Crippen molar-refractivity contribution in [1.29, 1.82) is 0 Å². The van der Waals surface area contributed by atoms with Crippen molar-refractivity contribution in [1.82, 2.24) is 5.32 Å². The fourth-order valence-corrected chi connectivity index (χ4v) is 2.37. The van der Waals surface area contributed by atoms with Crippen molar-refractivity contribution < 1.29 is 18.3 Å². The van der Waals surface area contributed by atoms with Crippen LogP contribution >= 0.6 is 0 Å². The highest BCUT2D eigenvalue weighted by molar-refractivity contribution is 5.96. The topological polar surface area (TPSA) is 38.3 Å². The molecule has 19 heavy (non-hydrogen) atoms. The number of methoxy groups -OCH3 is 1. The van der Waals surface area contributed by atoms with Crippen molar-refractivity contribution >= 4 is 5.78 Å². The van der Waals surface area contributed by atoms with Crippen LogP contribution in [-0.4, -0.2) is 26.0 Å². The summed E-state index contributed by atoms with van der Waals surface area (Å²) in [5.41, 5.74) is -0.191. The van der Waals surface area contributed by atoms with Crippen LogP contribution in [0.5, 0.6) is 5.75 Å². The highest BCUT2D eigenvalue weighted by Gasteiger charge is 2.21. The van der Waals surface area contributed by atoms with Gasteiger partial charge in [0, 0.05) is 12.5 Å². The molecule has 0 saturated carbocycles. The standard InChI is InChI=1S/C14H17F2NO2/c1-19-14-7-11(15)10(6-12(14)16)13(18)5-9-3-2-4-17-8-9/h6-7,9,17H,2-5,8H2,1H3. The first-order chi connectivity index (χ1) is 9.11. The van der Waals surface area contributed by atoms with E-state index in [1.54, 1.807) is 0 Å². The Morgan fingerprint density at radius 3 is 2.84 bits per heavy atom. The zero-order valence-corrected chi connectivity index (χ0v) is 10.8. The summed E-state index contributed by atoms with van der Waals surface area (Å²) in [5.74, 6) is -1.78. The Bertz CT molecular complexity index is 471. The number of carbonyl (C=O) groups is 1. The van der Waals surface area contributed by atoms with Gasteiger partial charge in [-0.25, -0.2) is 8.78 Å². The van der Waals surface area contributed by atoms with Gasteiger partial charge in [0.05, 0.1) is 12.7 Å². The van der Waals surface area contributed by atoms with E-state index in [0.717, 1.165) is 38.1 Å². The van der Waals surface area contributed by atoms with E-state index in [-0.39, 0.29) is 29.4 Å². The van der Waals surface area contributed by atoms with Crippen LogP contribution in [0.25, 0.3) is 0 Å². The first-order valence-corrected chi connectivity index (χ1v) is 6.38. The summed E-state index contributed by atoms with van der Waals surface area (Å²) in [7, 11) is 1.26. The van der Waals surface area contributed by atoms with E-state index < -0.39 is 11.6 Å². The molecule has 0 aliphatic carbocycles. The SMILES string of the molecule is COc1cc(F)c(C(=O)CC2CCCNC2)cc1F. The third kappa shape index (κ3) is 3.29. The number of halogens is 2. The van der Waals surface area contributed by atoms with Crippen LogP contribution in [0, 0.1) is 17.6 Å². The molecule has 104 valence electrons. The second kappa shape index (κ2) is 6.10. The second-order valence-electron chi connectivity index (χ2n) is 4.81. The van der Waals surface area contributed by atoms with Crippen LogP contribution in [0.3, 0.4) is 0 Å². The number of rotatable bonds is 4. The number of piperidine rings is 1. The summed E-state index contributed by atoms with van der Waals surface area (Å²) in [4.78, 5) is 12.0. The molecule has 5 heteroatoms. The first-order valence-electron chi connectivity index (χ1n) is 6.38. The Hall–Kier alpha value is -1.49. The fourth-order valence-electron chi connectivity index (χ4n) is 2.37. The molecule has 1 aliphatic heterocycles. The minimum atomic E-state index is -0.730. The van der Waals surface area contributed by atoms with Crippen LogP contribution in [0.2, 0.25) is 0 Å². The third-order valence-corrected chi connectivity index (χ3v) is 3.41. The molecule has 1 saturated heterocycles. The van der Waals surface area contributed by atoms with Crippen molar-refractivity contribution in [3.05, 3.63) is 29.3 Å². The molecule has 1 aromatic rings. The summed E-state index contributed by atoms with van der Waals surface area (Å²) in [6.45, 7) is 1.71. The van der Waals surface area contributed by atoms with Gasteiger partial charge < -0.3 is 10.1 Å².